The molecule has 0 aliphatic carbocycles. The molecule has 0 unspecified atom stereocenters. The molecule has 0 atom stereocenters. The SMILES string of the molecule is Cc1ccc2c(c1)c(C)cn2C(=O)c1ccccc1. The standard InChI is InChI=1S/C17H15NO/c1-12-8-9-16-15(10-12)13(2)11-18(16)17(19)14-6-4-3-5-7-14/h3-11H,1-2H3. The Hall–Kier alpha value is -2.35. The second-order valence-corrected chi connectivity index (χ2v) is 4.87. The maximum atomic E-state index is 12.5. The highest BCUT2D eigenvalue weighted by atomic mass is 16.2. The summed E-state index contributed by atoms with van der Waals surface area (Å²) in [5.41, 5.74) is 4.01. The Morgan fingerprint density at radius 3 is 2.47 bits per heavy atom. The number of carbonyl (C=O) groups is 1. The Labute approximate surface area is 112 Å². The fourth-order valence-corrected chi connectivity index (χ4v) is 2.40. The number of nitrogens with zero attached hydrogens (tertiary/aromatic N) is 1. The Morgan fingerprint density at radius 1 is 1.00 bits per heavy atom. The van der Waals surface area contributed by atoms with Gasteiger partial charge in [0, 0.05) is 17.1 Å². The summed E-state index contributed by atoms with van der Waals surface area (Å²) in [5.74, 6) is 0.0163. The Morgan fingerprint density at radius 2 is 1.74 bits per heavy atom. The third kappa shape index (κ3) is 1.95. The molecular formula is C17H15NO. The molecule has 0 saturated heterocycles. The lowest BCUT2D eigenvalue weighted by atomic mass is 10.1. The van der Waals surface area contributed by atoms with Gasteiger partial charge < -0.3 is 0 Å². The van der Waals surface area contributed by atoms with Crippen LogP contribution in [0.25, 0.3) is 10.9 Å². The molecule has 0 spiro atoms. The number of aromatic nitrogens is 1. The van der Waals surface area contributed by atoms with E-state index in [1.54, 1.807) is 4.57 Å². The molecule has 0 aliphatic rings. The van der Waals surface area contributed by atoms with Crippen LogP contribution in [0.5, 0.6) is 0 Å². The van der Waals surface area contributed by atoms with E-state index < -0.39 is 0 Å². The van der Waals surface area contributed by atoms with E-state index in [4.69, 9.17) is 0 Å². The number of aryl methyl sites for hydroxylation is 2. The van der Waals surface area contributed by atoms with Crippen molar-refractivity contribution in [2.24, 2.45) is 0 Å². The Bertz CT molecular complexity index is 754. The molecular weight excluding hydrogens is 234 g/mol. The Balaban J connectivity index is 2.19. The molecule has 2 heteroatoms. The van der Waals surface area contributed by atoms with Gasteiger partial charge in [-0.1, -0.05) is 29.8 Å². The minimum atomic E-state index is 0.0163. The first-order valence-electron chi connectivity index (χ1n) is 6.35. The van der Waals surface area contributed by atoms with Crippen molar-refractivity contribution in [2.75, 3.05) is 0 Å². The van der Waals surface area contributed by atoms with Crippen LogP contribution in [0, 0.1) is 13.8 Å². The highest BCUT2D eigenvalue weighted by Gasteiger charge is 2.13. The van der Waals surface area contributed by atoms with Gasteiger partial charge in [0.25, 0.3) is 5.91 Å². The number of rotatable bonds is 1. The van der Waals surface area contributed by atoms with Gasteiger partial charge in [-0.05, 0) is 43.7 Å². The predicted octanol–water partition coefficient (Wildman–Crippen LogP) is 3.95. The summed E-state index contributed by atoms with van der Waals surface area (Å²) in [6.07, 6.45) is 1.92. The summed E-state index contributed by atoms with van der Waals surface area (Å²) in [4.78, 5) is 12.5. The average Bonchev–Trinajstić information content (AvgIpc) is 2.76. The van der Waals surface area contributed by atoms with E-state index in [9.17, 15) is 4.79 Å². The molecule has 1 aromatic heterocycles. The monoisotopic (exact) mass is 249 g/mol. The number of hydrogen-bond acceptors (Lipinski definition) is 1. The van der Waals surface area contributed by atoms with Crippen LogP contribution in [0.2, 0.25) is 0 Å². The molecule has 19 heavy (non-hydrogen) atoms. The van der Waals surface area contributed by atoms with Crippen molar-refractivity contribution in [1.82, 2.24) is 4.57 Å². The van der Waals surface area contributed by atoms with Gasteiger partial charge in [-0.15, -0.1) is 0 Å². The lowest BCUT2D eigenvalue weighted by molar-refractivity contribution is 0.0965. The van der Waals surface area contributed by atoms with E-state index in [-0.39, 0.29) is 5.91 Å². The smallest absolute Gasteiger partial charge is 0.262 e. The minimum absolute atomic E-state index is 0.0163. The van der Waals surface area contributed by atoms with E-state index in [0.717, 1.165) is 16.5 Å². The molecule has 1 heterocycles. The van der Waals surface area contributed by atoms with Gasteiger partial charge in [-0.25, -0.2) is 0 Å². The van der Waals surface area contributed by atoms with E-state index >= 15 is 0 Å². The topological polar surface area (TPSA) is 22.0 Å². The van der Waals surface area contributed by atoms with Crippen LogP contribution in [-0.4, -0.2) is 10.5 Å². The molecule has 0 N–H and O–H groups in total. The van der Waals surface area contributed by atoms with Crippen molar-refractivity contribution in [1.29, 1.82) is 0 Å². The first-order chi connectivity index (χ1) is 9.16. The lowest BCUT2D eigenvalue weighted by Gasteiger charge is -2.04. The summed E-state index contributed by atoms with van der Waals surface area (Å²) in [6.45, 7) is 4.10. The third-order valence-corrected chi connectivity index (χ3v) is 3.40. The molecule has 2 nitrogen and oxygen atoms in total. The number of carbonyl (C=O) groups excluding carboxylic acids is 1. The molecule has 0 amide bonds. The molecule has 2 aromatic carbocycles. The zero-order valence-corrected chi connectivity index (χ0v) is 11.1. The van der Waals surface area contributed by atoms with Gasteiger partial charge in [-0.2, -0.15) is 0 Å². The summed E-state index contributed by atoms with van der Waals surface area (Å²) >= 11 is 0. The molecule has 0 fully saturated rings. The fraction of sp³-hybridized carbons (Fsp3) is 0.118. The van der Waals surface area contributed by atoms with Crippen molar-refractivity contribution in [3.05, 3.63) is 71.4 Å². The summed E-state index contributed by atoms with van der Waals surface area (Å²) in [7, 11) is 0. The van der Waals surface area contributed by atoms with Crippen LogP contribution in [0.1, 0.15) is 21.5 Å². The van der Waals surface area contributed by atoms with Gasteiger partial charge in [0.15, 0.2) is 0 Å². The quantitative estimate of drug-likeness (QED) is 0.640. The predicted molar refractivity (Wildman–Crippen MR) is 77.6 cm³/mol. The molecule has 3 aromatic rings. The van der Waals surface area contributed by atoms with E-state index in [1.165, 1.54) is 5.56 Å². The van der Waals surface area contributed by atoms with Gasteiger partial charge >= 0.3 is 0 Å². The first kappa shape index (κ1) is 11.7. The van der Waals surface area contributed by atoms with Crippen molar-refractivity contribution in [3.8, 4) is 0 Å². The van der Waals surface area contributed by atoms with Crippen molar-refractivity contribution in [3.63, 3.8) is 0 Å². The Kier molecular flexibility index (Phi) is 2.71. The summed E-state index contributed by atoms with van der Waals surface area (Å²) in [5, 5.41) is 1.14. The van der Waals surface area contributed by atoms with Crippen molar-refractivity contribution >= 4 is 16.8 Å². The summed E-state index contributed by atoms with van der Waals surface area (Å²) in [6, 6.07) is 15.6. The molecule has 3 rings (SSSR count). The molecule has 94 valence electrons. The third-order valence-electron chi connectivity index (χ3n) is 3.40. The van der Waals surface area contributed by atoms with E-state index in [1.807, 2.05) is 55.6 Å². The minimum Gasteiger partial charge on any atom is -0.283 e. The first-order valence-corrected chi connectivity index (χ1v) is 6.35. The largest absolute Gasteiger partial charge is 0.283 e. The highest BCUT2D eigenvalue weighted by molar-refractivity contribution is 6.03. The molecule has 0 aliphatic heterocycles. The van der Waals surface area contributed by atoms with E-state index in [0.29, 0.717) is 5.56 Å². The average molecular weight is 249 g/mol. The van der Waals surface area contributed by atoms with Gasteiger partial charge in [0.2, 0.25) is 0 Å². The molecule has 0 bridgehead atoms. The maximum Gasteiger partial charge on any atom is 0.262 e. The number of benzene rings is 2. The zero-order valence-electron chi connectivity index (χ0n) is 11.1. The number of fused-ring (bicyclic) bond motifs is 1. The van der Waals surface area contributed by atoms with Crippen molar-refractivity contribution < 1.29 is 4.79 Å². The van der Waals surface area contributed by atoms with Crippen LogP contribution in [0.4, 0.5) is 0 Å². The van der Waals surface area contributed by atoms with Crippen LogP contribution >= 0.6 is 0 Å². The van der Waals surface area contributed by atoms with Crippen LogP contribution in [0.15, 0.2) is 54.7 Å². The van der Waals surface area contributed by atoms with Crippen LogP contribution in [-0.2, 0) is 0 Å². The van der Waals surface area contributed by atoms with Crippen LogP contribution in [0.3, 0.4) is 0 Å². The van der Waals surface area contributed by atoms with E-state index in [2.05, 4.69) is 13.0 Å². The number of hydrogen-bond donors (Lipinski definition) is 0. The van der Waals surface area contributed by atoms with Crippen molar-refractivity contribution in [2.45, 2.75) is 13.8 Å². The normalized spacial score (nSPS) is 10.8. The van der Waals surface area contributed by atoms with Gasteiger partial charge in [0.05, 0.1) is 5.52 Å². The molecule has 0 radical (unpaired) electrons. The van der Waals surface area contributed by atoms with Crippen LogP contribution < -0.4 is 0 Å². The fourth-order valence-electron chi connectivity index (χ4n) is 2.40. The van der Waals surface area contributed by atoms with Gasteiger partial charge in [-0.3, -0.25) is 9.36 Å². The highest BCUT2D eigenvalue weighted by Crippen LogP contribution is 2.23. The van der Waals surface area contributed by atoms with Gasteiger partial charge in [0.1, 0.15) is 0 Å². The second kappa shape index (κ2) is 4.39. The zero-order chi connectivity index (χ0) is 13.4. The molecule has 0 saturated carbocycles. The summed E-state index contributed by atoms with van der Waals surface area (Å²) < 4.78 is 1.74. The second-order valence-electron chi connectivity index (χ2n) is 4.87. The lowest BCUT2D eigenvalue weighted by Crippen LogP contribution is -2.10. The maximum absolute atomic E-state index is 12.5.